The number of hydrogen-bond donors (Lipinski definition) is 3. The second kappa shape index (κ2) is 6.26. The van der Waals surface area contributed by atoms with Gasteiger partial charge in [0.05, 0.1) is 5.92 Å². The van der Waals surface area contributed by atoms with Crippen LogP contribution in [-0.4, -0.2) is 29.7 Å². The van der Waals surface area contributed by atoms with E-state index >= 15 is 0 Å². The second-order valence-corrected chi connectivity index (χ2v) is 6.07. The molecule has 0 radical (unpaired) electrons. The highest BCUT2D eigenvalue weighted by Gasteiger charge is 2.30. The number of amides is 2. The van der Waals surface area contributed by atoms with Gasteiger partial charge >= 0.3 is 12.0 Å². The maximum Gasteiger partial charge on any atom is 0.315 e. The average molecular weight is 268 g/mol. The molecule has 0 spiro atoms. The van der Waals surface area contributed by atoms with E-state index in [2.05, 4.69) is 17.6 Å². The third-order valence-electron chi connectivity index (χ3n) is 4.68. The number of carboxylic acid groups (broad SMARTS) is 1. The Morgan fingerprint density at radius 3 is 2.58 bits per heavy atom. The van der Waals surface area contributed by atoms with Crippen molar-refractivity contribution in [3.63, 3.8) is 0 Å². The predicted octanol–water partition coefficient (Wildman–Crippen LogP) is 1.98. The molecular formula is C14H24N2O3. The lowest BCUT2D eigenvalue weighted by molar-refractivity contribution is -0.141. The van der Waals surface area contributed by atoms with Crippen molar-refractivity contribution < 1.29 is 14.7 Å². The van der Waals surface area contributed by atoms with Crippen LogP contribution in [0.25, 0.3) is 0 Å². The van der Waals surface area contributed by atoms with Gasteiger partial charge in [0.1, 0.15) is 0 Å². The molecule has 5 heteroatoms. The van der Waals surface area contributed by atoms with Gasteiger partial charge in [0.2, 0.25) is 0 Å². The Kier molecular flexibility index (Phi) is 4.66. The number of carbonyl (C=O) groups excluding carboxylic acids is 1. The summed E-state index contributed by atoms with van der Waals surface area (Å²) in [7, 11) is 0. The van der Waals surface area contributed by atoms with Crippen molar-refractivity contribution in [1.29, 1.82) is 0 Å². The zero-order valence-corrected chi connectivity index (χ0v) is 11.5. The molecule has 2 amide bonds. The molecular weight excluding hydrogens is 244 g/mol. The fourth-order valence-corrected chi connectivity index (χ4v) is 3.32. The number of nitrogens with one attached hydrogen (secondary N) is 2. The van der Waals surface area contributed by atoms with Crippen LogP contribution in [0.5, 0.6) is 0 Å². The van der Waals surface area contributed by atoms with Crippen molar-refractivity contribution in [2.24, 2.45) is 17.8 Å². The lowest BCUT2D eigenvalue weighted by Gasteiger charge is -2.18. The van der Waals surface area contributed by atoms with E-state index in [1.54, 1.807) is 0 Å². The Balaban J connectivity index is 1.66. The Bertz CT molecular complexity index is 346. The number of hydrogen-bond acceptors (Lipinski definition) is 2. The molecule has 4 unspecified atom stereocenters. The maximum absolute atomic E-state index is 11.8. The molecule has 0 aliphatic heterocycles. The highest BCUT2D eigenvalue weighted by atomic mass is 16.4. The van der Waals surface area contributed by atoms with Gasteiger partial charge in [0.25, 0.3) is 0 Å². The monoisotopic (exact) mass is 268 g/mol. The van der Waals surface area contributed by atoms with Gasteiger partial charge in [-0.05, 0) is 37.5 Å². The molecule has 0 heterocycles. The molecule has 19 heavy (non-hydrogen) atoms. The molecule has 108 valence electrons. The highest BCUT2D eigenvalue weighted by molar-refractivity contribution is 5.75. The smallest absolute Gasteiger partial charge is 0.315 e. The Labute approximate surface area is 114 Å². The molecule has 2 saturated carbocycles. The van der Waals surface area contributed by atoms with Crippen LogP contribution in [0.1, 0.15) is 45.4 Å². The first-order valence-electron chi connectivity index (χ1n) is 7.33. The topological polar surface area (TPSA) is 78.4 Å². The lowest BCUT2D eigenvalue weighted by Crippen LogP contribution is -2.43. The van der Waals surface area contributed by atoms with Crippen LogP contribution >= 0.6 is 0 Å². The normalized spacial score (nSPS) is 34.2. The molecule has 0 aromatic rings. The molecule has 0 aromatic carbocycles. The number of rotatable bonds is 4. The van der Waals surface area contributed by atoms with Crippen molar-refractivity contribution in [2.45, 2.75) is 51.5 Å². The van der Waals surface area contributed by atoms with Crippen molar-refractivity contribution in [1.82, 2.24) is 10.6 Å². The van der Waals surface area contributed by atoms with Gasteiger partial charge in [0.15, 0.2) is 0 Å². The first kappa shape index (κ1) is 14.2. The summed E-state index contributed by atoms with van der Waals surface area (Å²) in [5.74, 6) is 0.258. The molecule has 2 aliphatic rings. The Morgan fingerprint density at radius 2 is 2.00 bits per heavy atom. The molecule has 4 atom stereocenters. The SMILES string of the molecule is CC1CCCC1CNC(=O)NC1CCC(C(=O)O)C1. The number of urea groups is 1. The third-order valence-corrected chi connectivity index (χ3v) is 4.68. The van der Waals surface area contributed by atoms with Gasteiger partial charge in [-0.2, -0.15) is 0 Å². The van der Waals surface area contributed by atoms with Gasteiger partial charge < -0.3 is 15.7 Å². The minimum Gasteiger partial charge on any atom is -0.481 e. The summed E-state index contributed by atoms with van der Waals surface area (Å²) in [4.78, 5) is 22.6. The largest absolute Gasteiger partial charge is 0.481 e. The summed E-state index contributed by atoms with van der Waals surface area (Å²) in [6.45, 7) is 2.98. The van der Waals surface area contributed by atoms with Crippen LogP contribution < -0.4 is 10.6 Å². The second-order valence-electron chi connectivity index (χ2n) is 6.07. The first-order chi connectivity index (χ1) is 9.06. The summed E-state index contributed by atoms with van der Waals surface area (Å²) in [5.41, 5.74) is 0. The summed E-state index contributed by atoms with van der Waals surface area (Å²) in [5, 5.41) is 14.7. The van der Waals surface area contributed by atoms with E-state index in [1.807, 2.05) is 0 Å². The third kappa shape index (κ3) is 3.85. The van der Waals surface area contributed by atoms with E-state index in [0.29, 0.717) is 24.7 Å². The fraction of sp³-hybridized carbons (Fsp3) is 0.857. The molecule has 2 aliphatic carbocycles. The van der Waals surface area contributed by atoms with Crippen LogP contribution in [0.3, 0.4) is 0 Å². The molecule has 2 rings (SSSR count). The average Bonchev–Trinajstić information content (AvgIpc) is 2.96. The van der Waals surface area contributed by atoms with E-state index in [0.717, 1.165) is 13.0 Å². The number of carbonyl (C=O) groups is 2. The molecule has 3 N–H and O–H groups in total. The van der Waals surface area contributed by atoms with Crippen molar-refractivity contribution in [3.8, 4) is 0 Å². The summed E-state index contributed by atoms with van der Waals surface area (Å²) < 4.78 is 0. The van der Waals surface area contributed by atoms with Gasteiger partial charge in [0, 0.05) is 12.6 Å². The Morgan fingerprint density at radius 1 is 1.21 bits per heavy atom. The standard InChI is InChI=1S/C14H24N2O3/c1-9-3-2-4-11(9)8-15-14(19)16-12-6-5-10(7-12)13(17)18/h9-12H,2-8H2,1H3,(H,17,18)(H2,15,16,19). The Hall–Kier alpha value is -1.26. The van der Waals surface area contributed by atoms with Crippen LogP contribution in [0.4, 0.5) is 4.79 Å². The quantitative estimate of drug-likeness (QED) is 0.729. The summed E-state index contributed by atoms with van der Waals surface area (Å²) in [6.07, 6.45) is 5.72. The molecule has 5 nitrogen and oxygen atoms in total. The zero-order chi connectivity index (χ0) is 13.8. The van der Waals surface area contributed by atoms with E-state index in [9.17, 15) is 9.59 Å². The highest BCUT2D eigenvalue weighted by Crippen LogP contribution is 2.30. The molecule has 2 fully saturated rings. The number of carboxylic acids is 1. The van der Waals surface area contributed by atoms with Gasteiger partial charge in [-0.1, -0.05) is 19.8 Å². The molecule has 0 aromatic heterocycles. The maximum atomic E-state index is 11.8. The van der Waals surface area contributed by atoms with Gasteiger partial charge in [-0.25, -0.2) is 4.79 Å². The van der Waals surface area contributed by atoms with E-state index in [4.69, 9.17) is 5.11 Å². The number of aliphatic carboxylic acids is 1. The van der Waals surface area contributed by atoms with E-state index in [1.165, 1.54) is 19.3 Å². The first-order valence-corrected chi connectivity index (χ1v) is 7.33. The van der Waals surface area contributed by atoms with E-state index in [-0.39, 0.29) is 18.0 Å². The van der Waals surface area contributed by atoms with Crippen molar-refractivity contribution >= 4 is 12.0 Å². The van der Waals surface area contributed by atoms with E-state index < -0.39 is 5.97 Å². The van der Waals surface area contributed by atoms with Crippen LogP contribution in [0.15, 0.2) is 0 Å². The van der Waals surface area contributed by atoms with Crippen LogP contribution in [0, 0.1) is 17.8 Å². The van der Waals surface area contributed by atoms with Crippen molar-refractivity contribution in [2.75, 3.05) is 6.54 Å². The summed E-state index contributed by atoms with van der Waals surface area (Å²) in [6, 6.07) is -0.128. The zero-order valence-electron chi connectivity index (χ0n) is 11.5. The van der Waals surface area contributed by atoms with Gasteiger partial charge in [-0.15, -0.1) is 0 Å². The fourth-order valence-electron chi connectivity index (χ4n) is 3.32. The summed E-state index contributed by atoms with van der Waals surface area (Å²) >= 11 is 0. The molecule has 0 saturated heterocycles. The van der Waals surface area contributed by atoms with Gasteiger partial charge in [-0.3, -0.25) is 4.79 Å². The van der Waals surface area contributed by atoms with Crippen LogP contribution in [-0.2, 0) is 4.79 Å². The van der Waals surface area contributed by atoms with Crippen LogP contribution in [0.2, 0.25) is 0 Å². The van der Waals surface area contributed by atoms with Crippen molar-refractivity contribution in [3.05, 3.63) is 0 Å². The minimum atomic E-state index is -0.746. The molecule has 0 bridgehead atoms. The minimum absolute atomic E-state index is 0.0158. The predicted molar refractivity (Wildman–Crippen MR) is 71.8 cm³/mol. The lowest BCUT2D eigenvalue weighted by atomic mass is 9.98.